The minimum absolute atomic E-state index is 0.124. The van der Waals surface area contributed by atoms with Gasteiger partial charge in [-0.2, -0.15) is 0 Å². The number of methoxy groups -OCH3 is 1. The van der Waals surface area contributed by atoms with Crippen molar-refractivity contribution in [1.29, 1.82) is 0 Å². The Hall–Kier alpha value is -3.32. The number of carbonyl (C=O) groups is 2. The van der Waals surface area contributed by atoms with Gasteiger partial charge in [0.15, 0.2) is 5.17 Å². The maximum absolute atomic E-state index is 13.4. The number of rotatable bonds is 6. The van der Waals surface area contributed by atoms with Gasteiger partial charge >= 0.3 is 5.97 Å². The van der Waals surface area contributed by atoms with Crippen molar-refractivity contribution in [3.05, 3.63) is 94.2 Å². The molecule has 7 heteroatoms. The second-order valence-electron chi connectivity index (χ2n) is 9.49. The quantitative estimate of drug-likeness (QED) is 0.503. The molecule has 1 saturated heterocycles. The minimum atomic E-state index is -0.396. The van der Waals surface area contributed by atoms with Gasteiger partial charge in [0.05, 0.1) is 30.8 Å². The Balaban J connectivity index is 1.29. The number of carbonyl (C=O) groups excluding carboxylic acids is 2. The molecule has 0 unspecified atom stereocenters. The Bertz CT molecular complexity index is 1210. The molecule has 1 atom stereocenters. The molecule has 5 rings (SSSR count). The molecule has 2 aromatic rings. The highest BCUT2D eigenvalue weighted by Gasteiger charge is 2.41. The first-order valence-electron chi connectivity index (χ1n) is 12.4. The first kappa shape index (κ1) is 24.4. The number of thioether (sulfide) groups is 1. The maximum atomic E-state index is 13.4. The summed E-state index contributed by atoms with van der Waals surface area (Å²) < 4.78 is 5.13. The van der Waals surface area contributed by atoms with Crippen LogP contribution in [-0.2, 0) is 20.7 Å². The second-order valence-corrected chi connectivity index (χ2v) is 10.3. The summed E-state index contributed by atoms with van der Waals surface area (Å²) in [5.41, 5.74) is 4.36. The average Bonchev–Trinajstić information content (AvgIpc) is 3.30. The maximum Gasteiger partial charge on any atom is 0.338 e. The van der Waals surface area contributed by atoms with E-state index in [1.54, 1.807) is 0 Å². The molecule has 0 aromatic heterocycles. The monoisotopic (exact) mass is 501 g/mol. The first-order chi connectivity index (χ1) is 17.5. The fraction of sp³-hybridized carbons (Fsp3) is 0.345. The van der Waals surface area contributed by atoms with E-state index in [0.717, 1.165) is 48.8 Å². The predicted octanol–water partition coefficient (Wildman–Crippen LogP) is 5.31. The third-order valence-corrected chi connectivity index (χ3v) is 8.08. The van der Waals surface area contributed by atoms with Gasteiger partial charge in [-0.1, -0.05) is 72.4 Å². The number of hydrogen-bond donors (Lipinski definition) is 0. The molecule has 186 valence electrons. The summed E-state index contributed by atoms with van der Waals surface area (Å²) >= 11 is 1.51. The molecule has 3 aliphatic heterocycles. The van der Waals surface area contributed by atoms with Gasteiger partial charge in [0, 0.05) is 18.8 Å². The van der Waals surface area contributed by atoms with Gasteiger partial charge < -0.3 is 14.5 Å². The summed E-state index contributed by atoms with van der Waals surface area (Å²) in [6.45, 7) is 3.41. The van der Waals surface area contributed by atoms with Crippen molar-refractivity contribution in [2.75, 3.05) is 20.2 Å². The largest absolute Gasteiger partial charge is 0.466 e. The highest BCUT2D eigenvalue weighted by molar-refractivity contribution is 8.16. The lowest BCUT2D eigenvalue weighted by atomic mass is 9.90. The normalized spacial score (nSPS) is 20.1. The number of fused-ring (bicyclic) bond motifs is 1. The number of allylic oxidation sites excluding steroid dienone is 1. The van der Waals surface area contributed by atoms with E-state index in [2.05, 4.69) is 24.3 Å². The van der Waals surface area contributed by atoms with E-state index in [-0.39, 0.29) is 18.4 Å². The zero-order chi connectivity index (χ0) is 25.1. The lowest BCUT2D eigenvalue weighted by Crippen LogP contribution is -2.41. The summed E-state index contributed by atoms with van der Waals surface area (Å²) in [5, 5.41) is 2.79. The van der Waals surface area contributed by atoms with E-state index < -0.39 is 5.97 Å². The van der Waals surface area contributed by atoms with Crippen LogP contribution in [0.1, 0.15) is 43.4 Å². The van der Waals surface area contributed by atoms with Crippen LogP contribution in [-0.4, -0.2) is 47.0 Å². The molecule has 1 fully saturated rings. The van der Waals surface area contributed by atoms with Crippen LogP contribution >= 0.6 is 11.8 Å². The molecule has 3 aliphatic rings. The molecule has 2 aromatic carbocycles. The van der Waals surface area contributed by atoms with Gasteiger partial charge in [-0.15, -0.1) is 0 Å². The third kappa shape index (κ3) is 4.98. The van der Waals surface area contributed by atoms with Crippen molar-refractivity contribution in [1.82, 2.24) is 9.80 Å². The van der Waals surface area contributed by atoms with Crippen LogP contribution in [0.4, 0.5) is 0 Å². The number of amides is 1. The summed E-state index contributed by atoms with van der Waals surface area (Å²) in [5.74, 6) is 0.336. The van der Waals surface area contributed by atoms with E-state index in [1.807, 2.05) is 58.5 Å². The predicted molar refractivity (Wildman–Crippen MR) is 143 cm³/mol. The summed E-state index contributed by atoms with van der Waals surface area (Å²) in [4.78, 5) is 34.9. The number of nitrogens with zero attached hydrogens (tertiary/aromatic N) is 3. The van der Waals surface area contributed by atoms with Gasteiger partial charge in [0.25, 0.3) is 0 Å². The van der Waals surface area contributed by atoms with Crippen molar-refractivity contribution in [2.45, 2.75) is 38.6 Å². The Morgan fingerprint density at radius 3 is 2.36 bits per heavy atom. The van der Waals surface area contributed by atoms with E-state index >= 15 is 0 Å². The van der Waals surface area contributed by atoms with Gasteiger partial charge in [0.1, 0.15) is 0 Å². The topological polar surface area (TPSA) is 62.2 Å². The number of hydrogen-bond acceptors (Lipinski definition) is 6. The number of amidine groups is 1. The third-order valence-electron chi connectivity index (χ3n) is 7.19. The van der Waals surface area contributed by atoms with E-state index in [0.29, 0.717) is 17.2 Å². The van der Waals surface area contributed by atoms with E-state index in [1.165, 1.54) is 24.4 Å². The lowest BCUT2D eigenvalue weighted by molar-refractivity contribution is -0.136. The molecule has 0 saturated carbocycles. The Morgan fingerprint density at radius 1 is 1.03 bits per heavy atom. The molecule has 6 nitrogen and oxygen atoms in total. The molecule has 1 amide bonds. The van der Waals surface area contributed by atoms with Crippen LogP contribution < -0.4 is 0 Å². The molecular formula is C29H31N3O3S. The molecule has 0 spiro atoms. The Labute approximate surface area is 216 Å². The number of piperidine rings is 1. The smallest absolute Gasteiger partial charge is 0.338 e. The Morgan fingerprint density at radius 2 is 1.69 bits per heavy atom. The van der Waals surface area contributed by atoms with Crippen LogP contribution in [0.15, 0.2) is 88.0 Å². The van der Waals surface area contributed by atoms with Crippen molar-refractivity contribution in [3.8, 4) is 0 Å². The van der Waals surface area contributed by atoms with Crippen molar-refractivity contribution < 1.29 is 14.3 Å². The fourth-order valence-corrected chi connectivity index (χ4v) is 6.26. The fourth-order valence-electron chi connectivity index (χ4n) is 5.29. The van der Waals surface area contributed by atoms with Crippen molar-refractivity contribution in [2.24, 2.45) is 10.9 Å². The van der Waals surface area contributed by atoms with Crippen LogP contribution in [0.5, 0.6) is 0 Å². The lowest BCUT2D eigenvalue weighted by Gasteiger charge is -2.37. The molecule has 36 heavy (non-hydrogen) atoms. The van der Waals surface area contributed by atoms with Crippen LogP contribution in [0.25, 0.3) is 0 Å². The average molecular weight is 502 g/mol. The highest BCUT2D eigenvalue weighted by Crippen LogP contribution is 2.45. The molecule has 3 heterocycles. The first-order valence-corrected chi connectivity index (χ1v) is 13.3. The number of ether oxygens (including phenoxy) is 1. The number of aliphatic imine (C=N–C) groups is 1. The molecular weight excluding hydrogens is 470 g/mol. The molecule has 0 radical (unpaired) electrons. The summed E-state index contributed by atoms with van der Waals surface area (Å²) in [6, 6.07) is 20.1. The van der Waals surface area contributed by atoms with Gasteiger partial charge in [0.2, 0.25) is 5.91 Å². The number of esters is 1. The Kier molecular flexibility index (Phi) is 7.28. The zero-order valence-corrected chi connectivity index (χ0v) is 21.5. The summed E-state index contributed by atoms with van der Waals surface area (Å²) in [7, 11) is 1.39. The molecule has 0 N–H and O–H groups in total. The molecule has 0 bridgehead atoms. The highest BCUT2D eigenvalue weighted by atomic mass is 32.2. The van der Waals surface area contributed by atoms with Gasteiger partial charge in [-0.25, -0.2) is 9.79 Å². The van der Waals surface area contributed by atoms with E-state index in [4.69, 9.17) is 9.73 Å². The SMILES string of the molecule is COC(=O)C1=C(C)N=C2SC=C(CC(=O)N3CCC(Cc4ccccc4)CC3)N2[C@@H]1c1ccccc1. The van der Waals surface area contributed by atoms with Crippen molar-refractivity contribution >= 4 is 28.8 Å². The number of likely N-dealkylation sites (tertiary alicyclic amines) is 1. The van der Waals surface area contributed by atoms with Crippen LogP contribution in [0.3, 0.4) is 0 Å². The standard InChI is InChI=1S/C29H31N3O3S/c1-20-26(28(34)35-2)27(23-11-7-4-8-12-23)32-24(19-36-29(32)30-20)18-25(33)31-15-13-22(14-16-31)17-21-9-5-3-6-10-21/h3-12,19,22,27H,13-18H2,1-2H3/t27-/m1/s1. The number of benzene rings is 2. The second kappa shape index (κ2) is 10.7. The van der Waals surface area contributed by atoms with Gasteiger partial charge in [-0.05, 0) is 48.6 Å². The van der Waals surface area contributed by atoms with Gasteiger partial charge in [-0.3, -0.25) is 4.79 Å². The molecule has 0 aliphatic carbocycles. The zero-order valence-electron chi connectivity index (χ0n) is 20.7. The summed E-state index contributed by atoms with van der Waals surface area (Å²) in [6.07, 6.45) is 3.39. The van der Waals surface area contributed by atoms with Crippen molar-refractivity contribution in [3.63, 3.8) is 0 Å². The van der Waals surface area contributed by atoms with Crippen LogP contribution in [0.2, 0.25) is 0 Å². The van der Waals surface area contributed by atoms with Crippen LogP contribution in [0, 0.1) is 5.92 Å². The minimum Gasteiger partial charge on any atom is -0.466 e. The van der Waals surface area contributed by atoms with E-state index in [9.17, 15) is 9.59 Å².